The van der Waals surface area contributed by atoms with Crippen LogP contribution in [0, 0.1) is 0 Å². The number of esters is 1. The zero-order valence-corrected chi connectivity index (χ0v) is 14.0. The van der Waals surface area contributed by atoms with Gasteiger partial charge in [-0.3, -0.25) is 9.59 Å². The minimum atomic E-state index is -3.44. The Bertz CT molecular complexity index is 905. The van der Waals surface area contributed by atoms with Gasteiger partial charge in [-0.1, -0.05) is 60.7 Å². The van der Waals surface area contributed by atoms with Crippen molar-refractivity contribution in [2.24, 2.45) is 0 Å². The van der Waals surface area contributed by atoms with E-state index in [9.17, 15) is 24.6 Å². The first-order valence-electron chi connectivity index (χ1n) is 8.77. The number of cyclic esters (lactones) is 1. The van der Waals surface area contributed by atoms with Gasteiger partial charge in [-0.15, -0.1) is 0 Å². The number of benzene rings is 2. The Hall–Kier alpha value is -2.90. The first kappa shape index (κ1) is 17.5. The average Bonchev–Trinajstić information content (AvgIpc) is 2.95. The highest BCUT2D eigenvalue weighted by Crippen LogP contribution is 2.43. The number of rotatable bonds is 5. The van der Waals surface area contributed by atoms with Crippen LogP contribution in [-0.4, -0.2) is 51.2 Å². The molecule has 1 aliphatic heterocycles. The van der Waals surface area contributed by atoms with E-state index in [-0.39, 0.29) is 11.1 Å². The number of carbonyl (C=O) groups is 3. The Kier molecular flexibility index (Phi) is 4.33. The summed E-state index contributed by atoms with van der Waals surface area (Å²) in [6.45, 7) is -1.33. The van der Waals surface area contributed by atoms with E-state index in [4.69, 9.17) is 6.11 Å². The Morgan fingerprint density at radius 2 is 1.63 bits per heavy atom. The van der Waals surface area contributed by atoms with E-state index in [2.05, 4.69) is 0 Å². The number of aliphatic hydroxyl groups is 2. The molecule has 140 valence electrons. The number of halogens is 1. The highest BCUT2D eigenvalue weighted by molar-refractivity contribution is 6.10. The predicted molar refractivity (Wildman–Crippen MR) is 91.9 cm³/mol. The monoisotopic (exact) mass is 373 g/mol. The third kappa shape index (κ3) is 2.85. The Morgan fingerprint density at radius 1 is 1.11 bits per heavy atom. The molecule has 2 aromatic carbocycles. The summed E-state index contributed by atoms with van der Waals surface area (Å²) in [5.74, 6) is -3.91. The maximum atomic E-state index is 15.3. The van der Waals surface area contributed by atoms with Crippen molar-refractivity contribution >= 4 is 17.5 Å². The van der Waals surface area contributed by atoms with Gasteiger partial charge in [0.05, 0.1) is 0 Å². The molecular formula is C20H17FO6. The van der Waals surface area contributed by atoms with Gasteiger partial charge in [-0.25, -0.2) is 9.18 Å². The van der Waals surface area contributed by atoms with E-state index < -0.39 is 47.9 Å². The number of hydrogen-bond acceptors (Lipinski definition) is 6. The molecule has 1 saturated heterocycles. The lowest BCUT2D eigenvalue weighted by Gasteiger charge is -2.33. The quantitative estimate of drug-likeness (QED) is 0.608. The van der Waals surface area contributed by atoms with Gasteiger partial charge in [0.1, 0.15) is 0 Å². The van der Waals surface area contributed by atoms with Crippen molar-refractivity contribution < 1.29 is 35.1 Å². The van der Waals surface area contributed by atoms with Gasteiger partial charge >= 0.3 is 5.97 Å². The van der Waals surface area contributed by atoms with Crippen LogP contribution in [0.3, 0.4) is 0 Å². The third-order valence-electron chi connectivity index (χ3n) is 4.57. The zero-order valence-electron chi connectivity index (χ0n) is 15.0. The summed E-state index contributed by atoms with van der Waals surface area (Å²) >= 11 is 0. The molecule has 0 bridgehead atoms. The van der Waals surface area contributed by atoms with Crippen LogP contribution in [-0.2, 0) is 9.53 Å². The van der Waals surface area contributed by atoms with Crippen LogP contribution < -0.4 is 0 Å². The molecule has 0 radical (unpaired) electrons. The molecule has 0 saturated carbocycles. The first-order valence-corrected chi connectivity index (χ1v) is 8.06. The Balaban J connectivity index is 2.07. The number of ether oxygens (including phenoxy) is 1. The summed E-state index contributed by atoms with van der Waals surface area (Å²) in [5, 5.41) is 21.5. The van der Waals surface area contributed by atoms with Crippen LogP contribution in [0.2, 0.25) is 0 Å². The van der Waals surface area contributed by atoms with Crippen LogP contribution in [0.15, 0.2) is 60.7 Å². The van der Waals surface area contributed by atoms with Gasteiger partial charge in [0.25, 0.3) is 0 Å². The molecule has 0 aliphatic carbocycles. The second-order valence-corrected chi connectivity index (χ2v) is 6.26. The number of hydrogen-bond donors (Lipinski definition) is 2. The minimum Gasteiger partial charge on any atom is -0.453 e. The minimum absolute atomic E-state index is 0.0165. The molecule has 1 unspecified atom stereocenters. The van der Waals surface area contributed by atoms with Crippen molar-refractivity contribution in [2.45, 2.75) is 30.4 Å². The van der Waals surface area contributed by atoms with Gasteiger partial charge in [0, 0.05) is 12.5 Å². The van der Waals surface area contributed by atoms with Crippen molar-refractivity contribution in [2.75, 3.05) is 0 Å². The normalized spacial score (nSPS) is 28.9. The van der Waals surface area contributed by atoms with Crippen molar-refractivity contribution in [3.05, 3.63) is 71.8 Å². The Morgan fingerprint density at radius 3 is 2.15 bits per heavy atom. The Labute approximate surface area is 155 Å². The highest BCUT2D eigenvalue weighted by atomic mass is 19.1. The molecule has 3 rings (SSSR count). The lowest BCUT2D eigenvalue weighted by Crippen LogP contribution is -2.62. The van der Waals surface area contributed by atoms with Gasteiger partial charge in [0.2, 0.25) is 17.1 Å². The van der Waals surface area contributed by atoms with Crippen molar-refractivity contribution in [1.29, 1.82) is 0 Å². The second-order valence-electron chi connectivity index (χ2n) is 6.26. The highest BCUT2D eigenvalue weighted by Gasteiger charge is 2.72. The third-order valence-corrected chi connectivity index (χ3v) is 4.57. The molecule has 7 heteroatoms. The van der Waals surface area contributed by atoms with Gasteiger partial charge in [-0.05, 0) is 6.90 Å². The largest absolute Gasteiger partial charge is 0.453 e. The SMILES string of the molecule is [2H]C[C@]1(F)C(=O)O[C@H](C(O)C(=O)c2ccccc2)[C@]1(O)C(=O)c1ccccc1. The van der Waals surface area contributed by atoms with Crippen molar-refractivity contribution in [3.63, 3.8) is 0 Å². The molecule has 4 atom stereocenters. The number of alkyl halides is 1. The van der Waals surface area contributed by atoms with E-state index in [1.807, 2.05) is 0 Å². The molecule has 2 N–H and O–H groups in total. The standard InChI is InChI=1S/C20H17FO6/c1-19(21)18(25)27-17(15(23)14(22)12-8-4-2-5-9-12)20(19,26)16(24)13-10-6-3-7-11-13/h2-11,15,17,23,26H,1H3/t15?,17-,19+,20-/m1/s1/i1D. The van der Waals surface area contributed by atoms with E-state index in [0.29, 0.717) is 0 Å². The van der Waals surface area contributed by atoms with E-state index in [1.165, 1.54) is 48.5 Å². The lowest BCUT2D eigenvalue weighted by molar-refractivity contribution is -0.151. The van der Waals surface area contributed by atoms with Crippen LogP contribution >= 0.6 is 0 Å². The van der Waals surface area contributed by atoms with Crippen LogP contribution in [0.4, 0.5) is 4.39 Å². The summed E-state index contributed by atoms with van der Waals surface area (Å²) in [5.41, 5.74) is -6.84. The summed E-state index contributed by atoms with van der Waals surface area (Å²) in [6, 6.07) is 14.4. The molecule has 2 aromatic rings. The summed E-state index contributed by atoms with van der Waals surface area (Å²) in [7, 11) is 0. The van der Waals surface area contributed by atoms with Crippen LogP contribution in [0.25, 0.3) is 0 Å². The second kappa shape index (κ2) is 6.68. The summed E-state index contributed by atoms with van der Waals surface area (Å²) < 4.78 is 27.5. The summed E-state index contributed by atoms with van der Waals surface area (Å²) in [4.78, 5) is 37.6. The van der Waals surface area contributed by atoms with Crippen LogP contribution in [0.5, 0.6) is 0 Å². The number of carbonyl (C=O) groups excluding carboxylic acids is 3. The molecule has 0 spiro atoms. The van der Waals surface area contributed by atoms with E-state index >= 15 is 4.39 Å². The lowest BCUT2D eigenvalue weighted by atomic mass is 9.75. The molecule has 1 fully saturated rings. The fourth-order valence-corrected chi connectivity index (χ4v) is 3.00. The van der Waals surface area contributed by atoms with Gasteiger partial charge in [-0.2, -0.15) is 0 Å². The molecule has 0 aromatic heterocycles. The predicted octanol–water partition coefficient (Wildman–Crippen LogP) is 1.50. The maximum Gasteiger partial charge on any atom is 0.347 e. The smallest absolute Gasteiger partial charge is 0.347 e. The van der Waals surface area contributed by atoms with Crippen LogP contribution in [0.1, 0.15) is 29.0 Å². The fourth-order valence-electron chi connectivity index (χ4n) is 3.00. The number of aliphatic hydroxyl groups excluding tert-OH is 1. The molecule has 0 amide bonds. The van der Waals surface area contributed by atoms with Gasteiger partial charge < -0.3 is 14.9 Å². The molecule has 27 heavy (non-hydrogen) atoms. The molecule has 1 heterocycles. The van der Waals surface area contributed by atoms with E-state index in [0.717, 1.165) is 0 Å². The molecule has 1 aliphatic rings. The zero-order chi connectivity index (χ0) is 20.5. The fraction of sp³-hybridized carbons (Fsp3) is 0.250. The van der Waals surface area contributed by atoms with Crippen molar-refractivity contribution in [3.8, 4) is 0 Å². The van der Waals surface area contributed by atoms with E-state index in [1.54, 1.807) is 12.1 Å². The summed E-state index contributed by atoms with van der Waals surface area (Å²) in [6.07, 6.45) is -4.43. The first-order chi connectivity index (χ1) is 13.3. The molecular weight excluding hydrogens is 355 g/mol. The van der Waals surface area contributed by atoms with Gasteiger partial charge in [0.15, 0.2) is 18.0 Å². The average molecular weight is 373 g/mol. The van der Waals surface area contributed by atoms with Crippen molar-refractivity contribution in [1.82, 2.24) is 0 Å². The molecule has 6 nitrogen and oxygen atoms in total. The number of Topliss-reactive ketones (excluding diaryl/α,β-unsaturated/α-hetero) is 2. The maximum absolute atomic E-state index is 15.3. The topological polar surface area (TPSA) is 101 Å². The number of ketones is 2.